The number of fused-ring (bicyclic) bond motifs is 2. The smallest absolute Gasteiger partial charge is 0.201 e. The van der Waals surface area contributed by atoms with E-state index < -0.39 is 11.4 Å². The predicted octanol–water partition coefficient (Wildman–Crippen LogP) is 4.75. The molecule has 8 atom stereocenters. The van der Waals surface area contributed by atoms with Crippen molar-refractivity contribution in [2.75, 3.05) is 6.54 Å². The molecule has 4 heterocycles. The van der Waals surface area contributed by atoms with Gasteiger partial charge in [0.25, 0.3) is 0 Å². The number of rotatable bonds is 5. The first-order valence-corrected chi connectivity index (χ1v) is 11.6. The van der Waals surface area contributed by atoms with E-state index in [0.29, 0.717) is 35.8 Å². The molecule has 162 valence electrons. The average Bonchev–Trinajstić information content (AvgIpc) is 2.85. The summed E-state index contributed by atoms with van der Waals surface area (Å²) in [6.45, 7) is 16.9. The van der Waals surface area contributed by atoms with Gasteiger partial charge < -0.3 is 9.47 Å². The van der Waals surface area contributed by atoms with Gasteiger partial charge in [-0.2, -0.15) is 0 Å². The summed E-state index contributed by atoms with van der Waals surface area (Å²) < 4.78 is 13.2. The summed E-state index contributed by atoms with van der Waals surface area (Å²) in [6.07, 6.45) is 5.37. The van der Waals surface area contributed by atoms with Crippen molar-refractivity contribution >= 4 is 0 Å². The Morgan fingerprint density at radius 1 is 0.964 bits per heavy atom. The van der Waals surface area contributed by atoms with Gasteiger partial charge in [0, 0.05) is 31.0 Å². The predicted molar refractivity (Wildman–Crippen MR) is 108 cm³/mol. The molecule has 5 heteroatoms. The quantitative estimate of drug-likeness (QED) is 0.629. The SMILES string of the molecule is CC(C)N(CC[C@H]1O[C@@H]2O[C@@]3(C)CCC4[C@H](C)CCC([C@H]1C)[C@]42OO3)C(C)C. The zero-order valence-electron chi connectivity index (χ0n) is 18.9. The van der Waals surface area contributed by atoms with Crippen LogP contribution in [-0.4, -0.2) is 47.3 Å². The summed E-state index contributed by atoms with van der Waals surface area (Å²) in [7, 11) is 0. The first-order chi connectivity index (χ1) is 13.2. The summed E-state index contributed by atoms with van der Waals surface area (Å²) in [5, 5.41) is 0. The number of hydrogen-bond acceptors (Lipinski definition) is 5. The van der Waals surface area contributed by atoms with Crippen molar-refractivity contribution in [2.45, 2.75) is 116 Å². The summed E-state index contributed by atoms with van der Waals surface area (Å²) in [5.74, 6) is 1.28. The lowest BCUT2D eigenvalue weighted by Gasteiger charge is -2.60. The molecule has 5 fully saturated rings. The monoisotopic (exact) mass is 395 g/mol. The van der Waals surface area contributed by atoms with Crippen LogP contribution < -0.4 is 0 Å². The maximum Gasteiger partial charge on any atom is 0.201 e. The zero-order chi connectivity index (χ0) is 20.3. The first kappa shape index (κ1) is 21.0. The second-order valence-electron chi connectivity index (χ2n) is 10.7. The third-order valence-corrected chi connectivity index (χ3v) is 8.29. The Hall–Kier alpha value is -0.200. The fourth-order valence-corrected chi connectivity index (χ4v) is 6.70. The van der Waals surface area contributed by atoms with Crippen LogP contribution in [0, 0.1) is 23.7 Å². The van der Waals surface area contributed by atoms with Crippen molar-refractivity contribution < 1.29 is 19.2 Å². The van der Waals surface area contributed by atoms with Gasteiger partial charge in [-0.3, -0.25) is 4.90 Å². The van der Waals surface area contributed by atoms with E-state index in [4.69, 9.17) is 19.2 Å². The van der Waals surface area contributed by atoms with Gasteiger partial charge in [-0.25, -0.2) is 9.78 Å². The van der Waals surface area contributed by atoms with E-state index in [-0.39, 0.29) is 12.4 Å². The maximum atomic E-state index is 6.71. The third kappa shape index (κ3) is 3.26. The molecule has 5 rings (SSSR count). The molecule has 4 aliphatic heterocycles. The van der Waals surface area contributed by atoms with Crippen molar-refractivity contribution in [1.29, 1.82) is 0 Å². The highest BCUT2D eigenvalue weighted by molar-refractivity contribution is 5.09. The number of hydrogen-bond donors (Lipinski definition) is 0. The van der Waals surface area contributed by atoms with Gasteiger partial charge in [-0.05, 0) is 78.1 Å². The normalized spacial score (nSPS) is 48.2. The molecule has 0 aromatic rings. The van der Waals surface area contributed by atoms with Crippen LogP contribution in [0.3, 0.4) is 0 Å². The first-order valence-electron chi connectivity index (χ1n) is 11.6. The zero-order valence-corrected chi connectivity index (χ0v) is 18.9. The highest BCUT2D eigenvalue weighted by atomic mass is 17.3. The minimum absolute atomic E-state index is 0.209. The minimum Gasteiger partial charge on any atom is -0.346 e. The van der Waals surface area contributed by atoms with Crippen LogP contribution in [0.4, 0.5) is 0 Å². The van der Waals surface area contributed by atoms with Gasteiger partial charge in [0.1, 0.15) is 0 Å². The molecule has 5 nitrogen and oxygen atoms in total. The molecule has 1 saturated carbocycles. The minimum atomic E-state index is -0.676. The maximum absolute atomic E-state index is 6.71. The van der Waals surface area contributed by atoms with Gasteiger partial charge >= 0.3 is 0 Å². The largest absolute Gasteiger partial charge is 0.346 e. The van der Waals surface area contributed by atoms with Gasteiger partial charge in [-0.15, -0.1) is 0 Å². The van der Waals surface area contributed by atoms with Crippen molar-refractivity contribution in [3.05, 3.63) is 0 Å². The Kier molecular flexibility index (Phi) is 5.63. The van der Waals surface area contributed by atoms with Crippen LogP contribution in [0.5, 0.6) is 0 Å². The topological polar surface area (TPSA) is 40.2 Å². The summed E-state index contributed by atoms with van der Waals surface area (Å²) >= 11 is 0. The molecule has 0 amide bonds. The molecule has 0 N–H and O–H groups in total. The molecule has 28 heavy (non-hydrogen) atoms. The fraction of sp³-hybridized carbons (Fsp3) is 1.00. The van der Waals surface area contributed by atoms with E-state index in [0.717, 1.165) is 25.8 Å². The summed E-state index contributed by atoms with van der Waals surface area (Å²) in [6, 6.07) is 1.09. The Balaban J connectivity index is 1.58. The second-order valence-corrected chi connectivity index (χ2v) is 10.7. The van der Waals surface area contributed by atoms with E-state index in [1.807, 2.05) is 6.92 Å². The molecule has 2 unspecified atom stereocenters. The van der Waals surface area contributed by atoms with Gasteiger partial charge in [0.2, 0.25) is 5.79 Å². The van der Waals surface area contributed by atoms with E-state index in [1.54, 1.807) is 0 Å². The van der Waals surface area contributed by atoms with Crippen LogP contribution >= 0.6 is 0 Å². The molecule has 0 aromatic heterocycles. The molecular weight excluding hydrogens is 354 g/mol. The Bertz CT molecular complexity index is 561. The van der Waals surface area contributed by atoms with E-state index in [1.165, 1.54) is 12.8 Å². The van der Waals surface area contributed by atoms with Crippen molar-refractivity contribution in [3.8, 4) is 0 Å². The standard InChI is InChI=1S/C23H41NO4/c1-14(2)24(15(3)4)13-11-20-17(6)19-9-8-16(5)18-10-12-22(7)26-21(25-20)23(18,19)28-27-22/h14-21H,8-13H2,1-7H3/t16-,17-,18?,19?,20-,21-,22-,23-/m1/s1. The third-order valence-electron chi connectivity index (χ3n) is 8.29. The fourth-order valence-electron chi connectivity index (χ4n) is 6.70. The molecule has 4 saturated heterocycles. The summed E-state index contributed by atoms with van der Waals surface area (Å²) in [5.41, 5.74) is -0.431. The molecule has 2 bridgehead atoms. The van der Waals surface area contributed by atoms with Crippen LogP contribution in [-0.2, 0) is 19.2 Å². The van der Waals surface area contributed by atoms with Crippen LogP contribution in [0.15, 0.2) is 0 Å². The van der Waals surface area contributed by atoms with E-state index in [2.05, 4.69) is 46.4 Å². The molecular formula is C23H41NO4. The van der Waals surface area contributed by atoms with Crippen LogP contribution in [0.1, 0.15) is 80.6 Å². The Morgan fingerprint density at radius 2 is 1.68 bits per heavy atom. The number of ether oxygens (including phenoxy) is 2. The van der Waals surface area contributed by atoms with Gasteiger partial charge in [0.15, 0.2) is 11.9 Å². The lowest BCUT2D eigenvalue weighted by molar-refractivity contribution is -0.571. The van der Waals surface area contributed by atoms with Gasteiger partial charge in [-0.1, -0.05) is 13.8 Å². The lowest BCUT2D eigenvalue weighted by atomic mass is 9.57. The van der Waals surface area contributed by atoms with Crippen LogP contribution in [0.25, 0.3) is 0 Å². The highest BCUT2D eigenvalue weighted by Gasteiger charge is 2.69. The number of nitrogens with zero attached hydrogens (tertiary/aromatic N) is 1. The average molecular weight is 396 g/mol. The van der Waals surface area contributed by atoms with E-state index >= 15 is 0 Å². The Morgan fingerprint density at radius 3 is 2.36 bits per heavy atom. The van der Waals surface area contributed by atoms with Gasteiger partial charge in [0.05, 0.1) is 6.10 Å². The summed E-state index contributed by atoms with van der Waals surface area (Å²) in [4.78, 5) is 14.7. The van der Waals surface area contributed by atoms with Crippen molar-refractivity contribution in [1.82, 2.24) is 4.90 Å². The molecule has 5 aliphatic rings. The van der Waals surface area contributed by atoms with Crippen molar-refractivity contribution in [3.63, 3.8) is 0 Å². The lowest BCUT2D eigenvalue weighted by Crippen LogP contribution is -2.70. The van der Waals surface area contributed by atoms with Crippen molar-refractivity contribution in [2.24, 2.45) is 23.7 Å². The van der Waals surface area contributed by atoms with Crippen LogP contribution in [0.2, 0.25) is 0 Å². The molecule has 0 radical (unpaired) electrons. The molecule has 1 spiro atoms. The molecule has 0 aromatic carbocycles. The Labute approximate surface area is 171 Å². The highest BCUT2D eigenvalue weighted by Crippen LogP contribution is 2.60. The van der Waals surface area contributed by atoms with E-state index in [9.17, 15) is 0 Å². The molecule has 1 aliphatic carbocycles. The second kappa shape index (κ2) is 7.49.